The topological polar surface area (TPSA) is 67.7 Å². The third kappa shape index (κ3) is 2.27. The lowest BCUT2D eigenvalue weighted by atomic mass is 10.0. The number of carbonyl (C=O) groups excluding carboxylic acids is 2. The molecule has 1 spiro atoms. The number of aryl methyl sites for hydroxylation is 1. The second-order valence-corrected chi connectivity index (χ2v) is 7.40. The van der Waals surface area contributed by atoms with Crippen LogP contribution in [0.2, 0.25) is 0 Å². The van der Waals surface area contributed by atoms with Crippen LogP contribution in [0.4, 0.5) is 0 Å². The van der Waals surface area contributed by atoms with Crippen molar-refractivity contribution < 1.29 is 14.3 Å². The van der Waals surface area contributed by atoms with E-state index < -0.39 is 5.72 Å². The van der Waals surface area contributed by atoms with Crippen molar-refractivity contribution in [3.05, 3.63) is 53.9 Å². The highest BCUT2D eigenvalue weighted by Gasteiger charge is 2.65. The minimum atomic E-state index is -0.687. The van der Waals surface area contributed by atoms with Gasteiger partial charge < -0.3 is 14.5 Å². The van der Waals surface area contributed by atoms with Crippen LogP contribution in [0.25, 0.3) is 0 Å². The molecule has 7 nitrogen and oxygen atoms in total. The summed E-state index contributed by atoms with van der Waals surface area (Å²) in [5.41, 5.74) is 0.961. The maximum absolute atomic E-state index is 13.0. The van der Waals surface area contributed by atoms with Gasteiger partial charge in [0.25, 0.3) is 5.91 Å². The largest absolute Gasteiger partial charge is 0.351 e. The third-order valence-electron chi connectivity index (χ3n) is 6.10. The van der Waals surface area contributed by atoms with E-state index in [0.717, 1.165) is 12.1 Å². The summed E-state index contributed by atoms with van der Waals surface area (Å²) in [6.07, 6.45) is 4.34. The molecule has 3 saturated heterocycles. The summed E-state index contributed by atoms with van der Waals surface area (Å²) in [7, 11) is 0. The fourth-order valence-corrected chi connectivity index (χ4v) is 4.82. The van der Waals surface area contributed by atoms with Crippen LogP contribution in [0.5, 0.6) is 0 Å². The van der Waals surface area contributed by atoms with Gasteiger partial charge in [0.1, 0.15) is 0 Å². The molecule has 2 amide bonds. The molecule has 5 rings (SSSR count). The molecule has 3 fully saturated rings. The molecule has 0 aliphatic carbocycles. The molecule has 7 heteroatoms. The van der Waals surface area contributed by atoms with E-state index in [0.29, 0.717) is 31.6 Å². The summed E-state index contributed by atoms with van der Waals surface area (Å²) in [4.78, 5) is 29.7. The highest BCUT2D eigenvalue weighted by Crippen LogP contribution is 2.51. The maximum atomic E-state index is 13.0. The lowest BCUT2D eigenvalue weighted by Gasteiger charge is -2.33. The fourth-order valence-electron chi connectivity index (χ4n) is 4.82. The zero-order valence-electron chi connectivity index (χ0n) is 15.2. The number of carbonyl (C=O) groups is 2. The van der Waals surface area contributed by atoms with Crippen molar-refractivity contribution in [3.63, 3.8) is 0 Å². The molecule has 0 saturated carbocycles. The first-order valence-electron chi connectivity index (χ1n) is 9.48. The Hall–Kier alpha value is -2.67. The second kappa shape index (κ2) is 5.92. The SMILES string of the molecule is CCn1cc(C(=O)N2CC[C@@]34OC[C@@H](c5ccccc5)N3C(=O)C[C@@H]24)cn1. The molecule has 4 heterocycles. The molecular weight excluding hydrogens is 344 g/mol. The minimum absolute atomic E-state index is 0.0631. The van der Waals surface area contributed by atoms with Crippen molar-refractivity contribution >= 4 is 11.8 Å². The van der Waals surface area contributed by atoms with Crippen molar-refractivity contribution in [2.75, 3.05) is 13.2 Å². The third-order valence-corrected chi connectivity index (χ3v) is 6.10. The van der Waals surface area contributed by atoms with Gasteiger partial charge in [0.15, 0.2) is 5.72 Å². The van der Waals surface area contributed by atoms with E-state index in [2.05, 4.69) is 5.10 Å². The van der Waals surface area contributed by atoms with Crippen molar-refractivity contribution in [2.45, 2.75) is 44.1 Å². The summed E-state index contributed by atoms with van der Waals surface area (Å²) in [5, 5.41) is 4.20. The molecule has 3 aliphatic heterocycles. The van der Waals surface area contributed by atoms with Gasteiger partial charge in [-0.2, -0.15) is 5.10 Å². The van der Waals surface area contributed by atoms with Gasteiger partial charge in [0.05, 0.1) is 36.9 Å². The average Bonchev–Trinajstić information content (AvgIpc) is 3.43. The summed E-state index contributed by atoms with van der Waals surface area (Å²) >= 11 is 0. The number of amides is 2. The van der Waals surface area contributed by atoms with Gasteiger partial charge in [0, 0.05) is 25.7 Å². The average molecular weight is 366 g/mol. The van der Waals surface area contributed by atoms with E-state index in [4.69, 9.17) is 4.74 Å². The van der Waals surface area contributed by atoms with E-state index in [1.54, 1.807) is 17.1 Å². The molecule has 1 aromatic carbocycles. The van der Waals surface area contributed by atoms with E-state index in [-0.39, 0.29) is 23.9 Å². The van der Waals surface area contributed by atoms with E-state index in [1.165, 1.54) is 0 Å². The van der Waals surface area contributed by atoms with Gasteiger partial charge in [0.2, 0.25) is 5.91 Å². The highest BCUT2D eigenvalue weighted by molar-refractivity contribution is 5.95. The number of ether oxygens (including phenoxy) is 1. The van der Waals surface area contributed by atoms with E-state index >= 15 is 0 Å². The fraction of sp³-hybridized carbons (Fsp3) is 0.450. The molecule has 0 unspecified atom stereocenters. The molecule has 1 aromatic heterocycles. The molecule has 140 valence electrons. The molecule has 0 bridgehead atoms. The van der Waals surface area contributed by atoms with Crippen LogP contribution in [0.1, 0.15) is 41.7 Å². The van der Waals surface area contributed by atoms with Gasteiger partial charge in [-0.3, -0.25) is 14.3 Å². The molecule has 3 aliphatic rings. The predicted molar refractivity (Wildman–Crippen MR) is 96.7 cm³/mol. The Morgan fingerprint density at radius 3 is 2.89 bits per heavy atom. The Morgan fingerprint density at radius 2 is 2.15 bits per heavy atom. The Morgan fingerprint density at radius 1 is 1.33 bits per heavy atom. The lowest BCUT2D eigenvalue weighted by Crippen LogP contribution is -2.49. The first-order chi connectivity index (χ1) is 13.1. The number of likely N-dealkylation sites (tertiary alicyclic amines) is 1. The number of hydrogen-bond donors (Lipinski definition) is 0. The van der Waals surface area contributed by atoms with Crippen molar-refractivity contribution in [2.24, 2.45) is 0 Å². The normalized spacial score (nSPS) is 29.3. The number of hydrogen-bond acceptors (Lipinski definition) is 4. The van der Waals surface area contributed by atoms with E-state index in [1.807, 2.05) is 47.1 Å². The van der Waals surface area contributed by atoms with Crippen LogP contribution in [0, 0.1) is 0 Å². The predicted octanol–water partition coefficient (Wildman–Crippen LogP) is 1.82. The van der Waals surface area contributed by atoms with Gasteiger partial charge >= 0.3 is 0 Å². The zero-order chi connectivity index (χ0) is 18.6. The molecule has 2 aromatic rings. The second-order valence-electron chi connectivity index (χ2n) is 7.40. The van der Waals surface area contributed by atoms with Gasteiger partial charge in [-0.15, -0.1) is 0 Å². The number of aromatic nitrogens is 2. The van der Waals surface area contributed by atoms with Gasteiger partial charge in [-0.05, 0) is 12.5 Å². The van der Waals surface area contributed by atoms with Crippen LogP contribution in [-0.2, 0) is 16.1 Å². The summed E-state index contributed by atoms with van der Waals surface area (Å²) in [5.74, 6) is -0.00825. The maximum Gasteiger partial charge on any atom is 0.257 e. The van der Waals surface area contributed by atoms with Crippen LogP contribution in [-0.4, -0.2) is 56.3 Å². The van der Waals surface area contributed by atoms with Crippen LogP contribution in [0.15, 0.2) is 42.7 Å². The van der Waals surface area contributed by atoms with E-state index in [9.17, 15) is 9.59 Å². The van der Waals surface area contributed by atoms with Crippen LogP contribution in [0.3, 0.4) is 0 Å². The first kappa shape index (κ1) is 16.5. The van der Waals surface area contributed by atoms with Crippen molar-refractivity contribution in [1.29, 1.82) is 0 Å². The lowest BCUT2D eigenvalue weighted by molar-refractivity contribution is -0.138. The number of benzene rings is 1. The standard InChI is InChI=1S/C20H22N4O3/c1-2-22-12-15(11-21-22)19(26)23-9-8-20-17(23)10-18(25)24(20)16(13-27-20)14-6-4-3-5-7-14/h3-7,11-12,16-17H,2,8-10,13H2,1H3/t16-,17+,20-/m0/s1. The van der Waals surface area contributed by atoms with Crippen molar-refractivity contribution in [1.82, 2.24) is 19.6 Å². The first-order valence-corrected chi connectivity index (χ1v) is 9.48. The molecule has 27 heavy (non-hydrogen) atoms. The Kier molecular flexibility index (Phi) is 3.62. The quantitative estimate of drug-likeness (QED) is 0.831. The molecule has 0 N–H and O–H groups in total. The smallest absolute Gasteiger partial charge is 0.257 e. The zero-order valence-corrected chi connectivity index (χ0v) is 15.2. The molecule has 0 radical (unpaired) electrons. The van der Waals surface area contributed by atoms with Gasteiger partial charge in [-0.1, -0.05) is 30.3 Å². The minimum Gasteiger partial charge on any atom is -0.351 e. The van der Waals surface area contributed by atoms with Crippen LogP contribution < -0.4 is 0 Å². The monoisotopic (exact) mass is 366 g/mol. The highest BCUT2D eigenvalue weighted by atomic mass is 16.5. The summed E-state index contributed by atoms with van der Waals surface area (Å²) in [6.45, 7) is 3.76. The Bertz CT molecular complexity index is 896. The molecular formula is C20H22N4O3. The Labute approximate surface area is 157 Å². The van der Waals surface area contributed by atoms with Crippen LogP contribution >= 0.6 is 0 Å². The number of nitrogens with zero attached hydrogens (tertiary/aromatic N) is 4. The van der Waals surface area contributed by atoms with Gasteiger partial charge in [-0.25, -0.2) is 0 Å². The number of rotatable bonds is 3. The Balaban J connectivity index is 1.44. The summed E-state index contributed by atoms with van der Waals surface area (Å²) in [6, 6.07) is 9.67. The van der Waals surface area contributed by atoms with Crippen molar-refractivity contribution in [3.8, 4) is 0 Å². The molecule has 3 atom stereocenters. The summed E-state index contributed by atoms with van der Waals surface area (Å²) < 4.78 is 8.00.